The van der Waals surface area contributed by atoms with Gasteiger partial charge < -0.3 is 10.2 Å². The molecule has 7 heteroatoms. The predicted octanol–water partition coefficient (Wildman–Crippen LogP) is 3.81. The molecule has 152 valence electrons. The van der Waals surface area contributed by atoms with Crippen molar-refractivity contribution in [3.8, 4) is 5.69 Å². The van der Waals surface area contributed by atoms with Crippen molar-refractivity contribution in [2.45, 2.75) is 19.4 Å². The van der Waals surface area contributed by atoms with Crippen molar-refractivity contribution >= 4 is 29.9 Å². The average Bonchev–Trinajstić information content (AvgIpc) is 3.20. The van der Waals surface area contributed by atoms with Crippen LogP contribution in [0, 0.1) is 5.82 Å². The van der Waals surface area contributed by atoms with E-state index in [2.05, 4.69) is 44.6 Å². The maximum absolute atomic E-state index is 13.1. The van der Waals surface area contributed by atoms with E-state index in [1.165, 1.54) is 23.3 Å². The normalized spacial score (nSPS) is 13.6. The van der Waals surface area contributed by atoms with Crippen LogP contribution in [-0.2, 0) is 19.4 Å². The number of guanidine groups is 1. The van der Waals surface area contributed by atoms with Gasteiger partial charge in [-0.1, -0.05) is 24.3 Å². The van der Waals surface area contributed by atoms with Gasteiger partial charge >= 0.3 is 0 Å². The number of rotatable bonds is 4. The number of benzene rings is 2. The van der Waals surface area contributed by atoms with Crippen LogP contribution in [0.2, 0.25) is 0 Å². The second kappa shape index (κ2) is 9.87. The Labute approximate surface area is 187 Å². The van der Waals surface area contributed by atoms with Crippen LogP contribution in [0.5, 0.6) is 0 Å². The highest BCUT2D eigenvalue weighted by Gasteiger charge is 2.18. The van der Waals surface area contributed by atoms with Crippen molar-refractivity contribution in [1.29, 1.82) is 0 Å². The van der Waals surface area contributed by atoms with Gasteiger partial charge in [0, 0.05) is 39.3 Å². The smallest absolute Gasteiger partial charge is 0.193 e. The van der Waals surface area contributed by atoms with Crippen LogP contribution in [-0.4, -0.2) is 40.8 Å². The summed E-state index contributed by atoms with van der Waals surface area (Å²) in [5, 5.41) is 8.03. The topological polar surface area (TPSA) is 45.5 Å². The molecule has 4 rings (SSSR count). The van der Waals surface area contributed by atoms with Gasteiger partial charge in [0.1, 0.15) is 5.82 Å². The van der Waals surface area contributed by atoms with Crippen molar-refractivity contribution in [3.05, 3.63) is 83.4 Å². The number of nitrogens with one attached hydrogen (secondary N) is 1. The Balaban J connectivity index is 0.00000240. The molecule has 0 atom stereocenters. The van der Waals surface area contributed by atoms with Crippen LogP contribution in [0.1, 0.15) is 16.8 Å². The van der Waals surface area contributed by atoms with Gasteiger partial charge in [0.25, 0.3) is 0 Å². The summed E-state index contributed by atoms with van der Waals surface area (Å²) in [6, 6.07) is 16.9. The molecule has 0 spiro atoms. The lowest BCUT2D eigenvalue weighted by molar-refractivity contribution is 0.379. The number of halogens is 2. The highest BCUT2D eigenvalue weighted by Crippen LogP contribution is 2.18. The Bertz CT molecular complexity index is 967. The largest absolute Gasteiger partial charge is 0.356 e. The fraction of sp³-hybridized carbons (Fsp3) is 0.273. The first-order chi connectivity index (χ1) is 13.7. The van der Waals surface area contributed by atoms with Crippen LogP contribution in [0.4, 0.5) is 4.39 Å². The van der Waals surface area contributed by atoms with Crippen LogP contribution >= 0.6 is 24.0 Å². The molecule has 2 aromatic carbocycles. The van der Waals surface area contributed by atoms with Crippen molar-refractivity contribution < 1.29 is 4.39 Å². The molecule has 5 nitrogen and oxygen atoms in total. The monoisotopic (exact) mass is 505 g/mol. The summed E-state index contributed by atoms with van der Waals surface area (Å²) in [5.41, 5.74) is 4.63. The van der Waals surface area contributed by atoms with Crippen molar-refractivity contribution in [2.75, 3.05) is 20.1 Å². The predicted molar refractivity (Wildman–Crippen MR) is 125 cm³/mol. The van der Waals surface area contributed by atoms with Gasteiger partial charge in [-0.15, -0.1) is 24.0 Å². The Hall–Kier alpha value is -2.42. The van der Waals surface area contributed by atoms with Gasteiger partial charge in [0.15, 0.2) is 5.96 Å². The number of hydrogen-bond donors (Lipinski definition) is 1. The molecule has 1 aliphatic rings. The van der Waals surface area contributed by atoms with E-state index < -0.39 is 0 Å². The maximum Gasteiger partial charge on any atom is 0.193 e. The van der Waals surface area contributed by atoms with Gasteiger partial charge in [-0.25, -0.2) is 9.07 Å². The number of hydrogen-bond acceptors (Lipinski definition) is 2. The van der Waals surface area contributed by atoms with Crippen molar-refractivity contribution in [3.63, 3.8) is 0 Å². The lowest BCUT2D eigenvalue weighted by Crippen LogP contribution is -2.44. The molecular formula is C22H25FIN5. The first kappa shape index (κ1) is 21.3. The molecule has 1 aliphatic heterocycles. The molecular weight excluding hydrogens is 480 g/mol. The van der Waals surface area contributed by atoms with E-state index in [9.17, 15) is 4.39 Å². The van der Waals surface area contributed by atoms with Gasteiger partial charge in [0.2, 0.25) is 0 Å². The SMILES string of the molecule is CN=C(NCCc1ccn(-c2ccc(F)cc2)n1)N1CCc2ccccc2C1.I. The van der Waals surface area contributed by atoms with E-state index in [4.69, 9.17) is 0 Å². The number of nitrogens with zero attached hydrogens (tertiary/aromatic N) is 4. The summed E-state index contributed by atoms with van der Waals surface area (Å²) in [7, 11) is 1.83. The third kappa shape index (κ3) is 5.14. The quantitative estimate of drug-likeness (QED) is 0.334. The van der Waals surface area contributed by atoms with E-state index in [1.807, 2.05) is 19.3 Å². The summed E-state index contributed by atoms with van der Waals surface area (Å²) in [6.07, 6.45) is 3.73. The molecule has 0 bridgehead atoms. The standard InChI is InChI=1S/C22H24FN5.HI/c1-24-22(27-14-11-17-4-2-3-5-18(17)16-27)25-13-10-20-12-15-28(26-20)21-8-6-19(23)7-9-21;/h2-9,12,15H,10-11,13-14,16H2,1H3,(H,24,25);1H. The Morgan fingerprint density at radius 1 is 1.10 bits per heavy atom. The molecule has 3 aromatic rings. The number of aromatic nitrogens is 2. The lowest BCUT2D eigenvalue weighted by atomic mass is 10.0. The summed E-state index contributed by atoms with van der Waals surface area (Å²) < 4.78 is 14.8. The highest BCUT2D eigenvalue weighted by molar-refractivity contribution is 14.0. The second-order valence-electron chi connectivity index (χ2n) is 6.89. The van der Waals surface area contributed by atoms with E-state index in [0.29, 0.717) is 0 Å². The molecule has 0 fully saturated rings. The molecule has 0 saturated carbocycles. The maximum atomic E-state index is 13.1. The first-order valence-corrected chi connectivity index (χ1v) is 9.56. The Morgan fingerprint density at radius 3 is 2.62 bits per heavy atom. The minimum absolute atomic E-state index is 0. The highest BCUT2D eigenvalue weighted by atomic mass is 127. The zero-order chi connectivity index (χ0) is 19.3. The van der Waals surface area contributed by atoms with Crippen LogP contribution in [0.15, 0.2) is 65.8 Å². The van der Waals surface area contributed by atoms with Crippen molar-refractivity contribution in [2.24, 2.45) is 4.99 Å². The van der Waals surface area contributed by atoms with E-state index in [-0.39, 0.29) is 29.8 Å². The Kier molecular flexibility index (Phi) is 7.24. The van der Waals surface area contributed by atoms with E-state index in [1.54, 1.807) is 16.8 Å². The van der Waals surface area contributed by atoms with E-state index in [0.717, 1.165) is 49.8 Å². The van der Waals surface area contributed by atoms with Gasteiger partial charge in [-0.05, 0) is 47.9 Å². The fourth-order valence-electron chi connectivity index (χ4n) is 3.54. The van der Waals surface area contributed by atoms with Crippen LogP contribution in [0.25, 0.3) is 5.69 Å². The number of aliphatic imine (C=N–C) groups is 1. The Morgan fingerprint density at radius 2 is 1.86 bits per heavy atom. The zero-order valence-corrected chi connectivity index (χ0v) is 18.7. The van der Waals surface area contributed by atoms with Gasteiger partial charge in [-0.2, -0.15) is 5.10 Å². The molecule has 1 N–H and O–H groups in total. The molecule has 2 heterocycles. The second-order valence-corrected chi connectivity index (χ2v) is 6.89. The minimum Gasteiger partial charge on any atom is -0.356 e. The summed E-state index contributed by atoms with van der Waals surface area (Å²) in [6.45, 7) is 2.61. The molecule has 0 radical (unpaired) electrons. The summed E-state index contributed by atoms with van der Waals surface area (Å²) in [4.78, 5) is 6.74. The molecule has 0 saturated heterocycles. The molecule has 29 heavy (non-hydrogen) atoms. The number of fused-ring (bicyclic) bond motifs is 1. The fourth-order valence-corrected chi connectivity index (χ4v) is 3.54. The molecule has 0 amide bonds. The summed E-state index contributed by atoms with van der Waals surface area (Å²) >= 11 is 0. The molecule has 1 aromatic heterocycles. The zero-order valence-electron chi connectivity index (χ0n) is 16.4. The van der Waals surface area contributed by atoms with Crippen molar-refractivity contribution in [1.82, 2.24) is 20.0 Å². The minimum atomic E-state index is -0.243. The molecule has 0 aliphatic carbocycles. The first-order valence-electron chi connectivity index (χ1n) is 9.56. The third-order valence-corrected chi connectivity index (χ3v) is 5.04. The summed E-state index contributed by atoms with van der Waals surface area (Å²) in [5.74, 6) is 0.680. The average molecular weight is 505 g/mol. The third-order valence-electron chi connectivity index (χ3n) is 5.04. The van der Waals surface area contributed by atoms with Gasteiger partial charge in [0.05, 0.1) is 11.4 Å². The van der Waals surface area contributed by atoms with Crippen LogP contribution < -0.4 is 5.32 Å². The van der Waals surface area contributed by atoms with E-state index >= 15 is 0 Å². The van der Waals surface area contributed by atoms with Gasteiger partial charge in [-0.3, -0.25) is 4.99 Å². The van der Waals surface area contributed by atoms with Crippen LogP contribution in [0.3, 0.4) is 0 Å². The molecule has 0 unspecified atom stereocenters. The lowest BCUT2D eigenvalue weighted by Gasteiger charge is -2.31.